The second kappa shape index (κ2) is 5.70. The lowest BCUT2D eigenvalue weighted by atomic mass is 9.99. The lowest BCUT2D eigenvalue weighted by Gasteiger charge is -2.11. The molecule has 0 aliphatic carbocycles. The molecule has 0 aromatic heterocycles. The van der Waals surface area contributed by atoms with Crippen LogP contribution in [0.25, 0.3) is 0 Å². The smallest absolute Gasteiger partial charge is 0.118 e. The molecule has 0 unspecified atom stereocenters. The van der Waals surface area contributed by atoms with Crippen molar-refractivity contribution in [2.24, 2.45) is 4.99 Å². The van der Waals surface area contributed by atoms with Gasteiger partial charge >= 0.3 is 0 Å². The number of rotatable bonds is 3. The molecule has 0 saturated heterocycles. The molecule has 2 heteroatoms. The fraction of sp³-hybridized carbons (Fsp3) is 0.235. The number of aliphatic imine (C=N–C) groups is 1. The largest absolute Gasteiger partial charge is 0.508 e. The Balaban J connectivity index is 2.39. The van der Waals surface area contributed by atoms with Crippen LogP contribution < -0.4 is 0 Å². The van der Waals surface area contributed by atoms with Gasteiger partial charge in [0.15, 0.2) is 0 Å². The number of aryl methyl sites for hydroxylation is 1. The number of aromatic hydroxyl groups is 1. The first-order chi connectivity index (χ1) is 9.08. The van der Waals surface area contributed by atoms with E-state index in [2.05, 4.69) is 18.8 Å². The topological polar surface area (TPSA) is 32.6 Å². The van der Waals surface area contributed by atoms with Gasteiger partial charge in [0, 0.05) is 6.21 Å². The molecule has 2 aromatic rings. The zero-order chi connectivity index (χ0) is 13.8. The summed E-state index contributed by atoms with van der Waals surface area (Å²) in [6, 6.07) is 13.8. The van der Waals surface area contributed by atoms with Crippen molar-refractivity contribution >= 4 is 11.9 Å². The highest BCUT2D eigenvalue weighted by Crippen LogP contribution is 2.32. The third-order valence-electron chi connectivity index (χ3n) is 3.12. The standard InChI is InChI=1S/C17H19NO/c1-12(2)15-10-17(19)13(3)9-16(15)18-11-14-7-5-4-6-8-14/h4-12,19H,1-3H3. The lowest BCUT2D eigenvalue weighted by molar-refractivity contribution is 0.470. The van der Waals surface area contributed by atoms with Crippen LogP contribution in [0.15, 0.2) is 47.5 Å². The molecule has 0 spiro atoms. The van der Waals surface area contributed by atoms with Gasteiger partial charge in [-0.25, -0.2) is 0 Å². The molecular formula is C17H19NO. The van der Waals surface area contributed by atoms with Gasteiger partial charge in [0.1, 0.15) is 5.75 Å². The summed E-state index contributed by atoms with van der Waals surface area (Å²) in [5, 5.41) is 9.81. The third kappa shape index (κ3) is 3.22. The molecule has 0 bridgehead atoms. The molecule has 0 aliphatic rings. The predicted octanol–water partition coefficient (Wildman–Crippen LogP) is 4.57. The maximum absolute atomic E-state index is 9.81. The maximum atomic E-state index is 9.81. The molecule has 0 radical (unpaired) electrons. The van der Waals surface area contributed by atoms with E-state index in [-0.39, 0.29) is 0 Å². The summed E-state index contributed by atoms with van der Waals surface area (Å²) in [4.78, 5) is 4.56. The first-order valence-electron chi connectivity index (χ1n) is 6.50. The highest BCUT2D eigenvalue weighted by atomic mass is 16.3. The number of phenolic OH excluding ortho intramolecular Hbond substituents is 1. The van der Waals surface area contributed by atoms with Crippen LogP contribution in [0, 0.1) is 6.92 Å². The first-order valence-corrected chi connectivity index (χ1v) is 6.50. The fourth-order valence-corrected chi connectivity index (χ4v) is 1.95. The molecule has 2 aromatic carbocycles. The number of phenols is 1. The number of hydrogen-bond acceptors (Lipinski definition) is 2. The van der Waals surface area contributed by atoms with Crippen LogP contribution in [0.4, 0.5) is 5.69 Å². The summed E-state index contributed by atoms with van der Waals surface area (Å²) in [7, 11) is 0. The van der Waals surface area contributed by atoms with Crippen molar-refractivity contribution in [3.05, 3.63) is 59.2 Å². The zero-order valence-corrected chi connectivity index (χ0v) is 11.6. The van der Waals surface area contributed by atoms with Crippen molar-refractivity contribution in [2.75, 3.05) is 0 Å². The average molecular weight is 253 g/mol. The SMILES string of the molecule is Cc1cc(N=Cc2ccccc2)c(C(C)C)cc1O. The summed E-state index contributed by atoms with van der Waals surface area (Å²) in [6.45, 7) is 6.10. The molecule has 2 rings (SSSR count). The van der Waals surface area contributed by atoms with Crippen LogP contribution >= 0.6 is 0 Å². The molecule has 0 fully saturated rings. The minimum absolute atomic E-state index is 0.328. The van der Waals surface area contributed by atoms with E-state index in [9.17, 15) is 5.11 Å². The molecule has 0 amide bonds. The minimum atomic E-state index is 0.328. The Labute approximate surface area is 114 Å². The molecule has 19 heavy (non-hydrogen) atoms. The second-order valence-corrected chi connectivity index (χ2v) is 5.02. The van der Waals surface area contributed by atoms with Crippen molar-refractivity contribution in [3.63, 3.8) is 0 Å². The summed E-state index contributed by atoms with van der Waals surface area (Å²) >= 11 is 0. The van der Waals surface area contributed by atoms with E-state index in [1.807, 2.05) is 55.6 Å². The maximum Gasteiger partial charge on any atom is 0.118 e. The highest BCUT2D eigenvalue weighted by molar-refractivity contribution is 5.82. The van der Waals surface area contributed by atoms with Gasteiger partial charge in [-0.2, -0.15) is 0 Å². The van der Waals surface area contributed by atoms with Crippen LogP contribution in [0.3, 0.4) is 0 Å². The second-order valence-electron chi connectivity index (χ2n) is 5.02. The number of benzene rings is 2. The van der Waals surface area contributed by atoms with E-state index in [0.717, 1.165) is 22.4 Å². The Bertz CT molecular complexity index is 586. The van der Waals surface area contributed by atoms with Gasteiger partial charge in [-0.3, -0.25) is 4.99 Å². The Morgan fingerprint density at radius 3 is 2.42 bits per heavy atom. The predicted molar refractivity (Wildman–Crippen MR) is 80.6 cm³/mol. The summed E-state index contributed by atoms with van der Waals surface area (Å²) in [6.07, 6.45) is 1.86. The molecule has 2 nitrogen and oxygen atoms in total. The minimum Gasteiger partial charge on any atom is -0.508 e. The van der Waals surface area contributed by atoms with Gasteiger partial charge in [-0.15, -0.1) is 0 Å². The molecule has 0 aliphatic heterocycles. The molecule has 0 saturated carbocycles. The van der Waals surface area contributed by atoms with E-state index in [1.54, 1.807) is 0 Å². The quantitative estimate of drug-likeness (QED) is 0.798. The van der Waals surface area contributed by atoms with Gasteiger partial charge in [-0.1, -0.05) is 44.2 Å². The first kappa shape index (κ1) is 13.3. The lowest BCUT2D eigenvalue weighted by Crippen LogP contribution is -1.90. The van der Waals surface area contributed by atoms with E-state index >= 15 is 0 Å². The summed E-state index contributed by atoms with van der Waals surface area (Å²) in [5.74, 6) is 0.664. The van der Waals surface area contributed by atoms with E-state index in [4.69, 9.17) is 0 Å². The average Bonchev–Trinajstić information content (AvgIpc) is 2.40. The highest BCUT2D eigenvalue weighted by Gasteiger charge is 2.09. The van der Waals surface area contributed by atoms with Crippen molar-refractivity contribution < 1.29 is 5.11 Å². The van der Waals surface area contributed by atoms with Gasteiger partial charge in [-0.05, 0) is 41.7 Å². The molecule has 98 valence electrons. The van der Waals surface area contributed by atoms with Gasteiger partial charge in [0.25, 0.3) is 0 Å². The molecular weight excluding hydrogens is 234 g/mol. The van der Waals surface area contributed by atoms with Crippen molar-refractivity contribution in [3.8, 4) is 5.75 Å². The van der Waals surface area contributed by atoms with E-state index < -0.39 is 0 Å². The Hall–Kier alpha value is -2.09. The zero-order valence-electron chi connectivity index (χ0n) is 11.6. The summed E-state index contributed by atoms with van der Waals surface area (Å²) in [5.41, 5.74) is 3.91. The number of hydrogen-bond donors (Lipinski definition) is 1. The Kier molecular flexibility index (Phi) is 4.00. The number of nitrogens with zero attached hydrogens (tertiary/aromatic N) is 1. The molecule has 1 N–H and O–H groups in total. The van der Waals surface area contributed by atoms with Crippen LogP contribution in [0.5, 0.6) is 5.75 Å². The van der Waals surface area contributed by atoms with Crippen LogP contribution in [0.1, 0.15) is 36.5 Å². The van der Waals surface area contributed by atoms with Crippen molar-refractivity contribution in [1.82, 2.24) is 0 Å². The van der Waals surface area contributed by atoms with E-state index in [0.29, 0.717) is 11.7 Å². The Morgan fingerprint density at radius 1 is 1.11 bits per heavy atom. The van der Waals surface area contributed by atoms with Gasteiger partial charge in [0.05, 0.1) is 5.69 Å². The van der Waals surface area contributed by atoms with Crippen molar-refractivity contribution in [2.45, 2.75) is 26.7 Å². The summed E-state index contributed by atoms with van der Waals surface area (Å²) < 4.78 is 0. The van der Waals surface area contributed by atoms with Crippen molar-refractivity contribution in [1.29, 1.82) is 0 Å². The van der Waals surface area contributed by atoms with Crippen LogP contribution in [-0.2, 0) is 0 Å². The molecule has 0 atom stereocenters. The van der Waals surface area contributed by atoms with Gasteiger partial charge < -0.3 is 5.11 Å². The fourth-order valence-electron chi connectivity index (χ4n) is 1.95. The van der Waals surface area contributed by atoms with Crippen LogP contribution in [0.2, 0.25) is 0 Å². The third-order valence-corrected chi connectivity index (χ3v) is 3.12. The van der Waals surface area contributed by atoms with Crippen LogP contribution in [-0.4, -0.2) is 11.3 Å². The molecule has 0 heterocycles. The van der Waals surface area contributed by atoms with Gasteiger partial charge in [0.2, 0.25) is 0 Å². The monoisotopic (exact) mass is 253 g/mol. The normalized spacial score (nSPS) is 11.4. The van der Waals surface area contributed by atoms with E-state index in [1.165, 1.54) is 0 Å². The Morgan fingerprint density at radius 2 is 1.79 bits per heavy atom.